The molecule has 0 radical (unpaired) electrons. The van der Waals surface area contributed by atoms with Gasteiger partial charge in [-0.1, -0.05) is 19.1 Å². The summed E-state index contributed by atoms with van der Waals surface area (Å²) >= 11 is 0. The van der Waals surface area contributed by atoms with E-state index in [0.29, 0.717) is 26.1 Å². The lowest BCUT2D eigenvalue weighted by atomic mass is 9.82. The molecule has 5 nitrogen and oxygen atoms in total. The van der Waals surface area contributed by atoms with Crippen molar-refractivity contribution in [2.45, 2.75) is 32.2 Å². The van der Waals surface area contributed by atoms with Crippen LogP contribution in [0.1, 0.15) is 26.2 Å². The van der Waals surface area contributed by atoms with Crippen LogP contribution < -0.4 is 5.32 Å². The predicted molar refractivity (Wildman–Crippen MR) is 69.5 cm³/mol. The highest BCUT2D eigenvalue weighted by atomic mass is 16.5. The number of carbonyl (C=O) groups is 2. The smallest absolute Gasteiger partial charge is 0.307 e. The molecule has 4 atom stereocenters. The lowest BCUT2D eigenvalue weighted by molar-refractivity contribution is -0.147. The fourth-order valence-electron chi connectivity index (χ4n) is 2.76. The first-order chi connectivity index (χ1) is 9.09. The minimum Gasteiger partial charge on any atom is -0.481 e. The number of carboxylic acid groups (broad SMARTS) is 1. The Kier molecular flexibility index (Phi) is 4.58. The molecule has 106 valence electrons. The highest BCUT2D eigenvalue weighted by Gasteiger charge is 2.35. The summed E-state index contributed by atoms with van der Waals surface area (Å²) in [5, 5.41) is 12.2. The van der Waals surface area contributed by atoms with Crippen molar-refractivity contribution in [3.05, 3.63) is 12.2 Å². The number of rotatable bonds is 3. The zero-order valence-corrected chi connectivity index (χ0v) is 11.2. The van der Waals surface area contributed by atoms with Gasteiger partial charge in [-0.15, -0.1) is 0 Å². The standard InChI is InChI=1S/C14H21NO4/c1-9-8-19-7-6-12(9)15-13(16)10-4-2-3-5-11(10)14(17)18/h2-3,9-12H,4-8H2,1H3,(H,15,16)(H,17,18)/t9?,10-,11+,12?/m1/s1. The topological polar surface area (TPSA) is 75.6 Å². The molecule has 1 saturated heterocycles. The first-order valence-corrected chi connectivity index (χ1v) is 6.85. The summed E-state index contributed by atoms with van der Waals surface area (Å²) in [4.78, 5) is 23.5. The highest BCUT2D eigenvalue weighted by Crippen LogP contribution is 2.27. The second-order valence-corrected chi connectivity index (χ2v) is 5.45. The van der Waals surface area contributed by atoms with Crippen LogP contribution in [0.3, 0.4) is 0 Å². The molecule has 5 heteroatoms. The second-order valence-electron chi connectivity index (χ2n) is 5.45. The van der Waals surface area contributed by atoms with Gasteiger partial charge in [-0.2, -0.15) is 0 Å². The van der Waals surface area contributed by atoms with E-state index in [1.54, 1.807) is 0 Å². The van der Waals surface area contributed by atoms with E-state index in [-0.39, 0.29) is 17.9 Å². The van der Waals surface area contributed by atoms with E-state index >= 15 is 0 Å². The monoisotopic (exact) mass is 267 g/mol. The maximum absolute atomic E-state index is 12.3. The second kappa shape index (κ2) is 6.19. The van der Waals surface area contributed by atoms with Crippen LogP contribution in [-0.2, 0) is 14.3 Å². The van der Waals surface area contributed by atoms with Gasteiger partial charge in [-0.3, -0.25) is 9.59 Å². The molecular formula is C14H21NO4. The van der Waals surface area contributed by atoms with E-state index < -0.39 is 17.8 Å². The summed E-state index contributed by atoms with van der Waals surface area (Å²) in [5.41, 5.74) is 0. The lowest BCUT2D eigenvalue weighted by Crippen LogP contribution is -2.48. The van der Waals surface area contributed by atoms with Gasteiger partial charge in [0.15, 0.2) is 0 Å². The van der Waals surface area contributed by atoms with Crippen LogP contribution in [0.15, 0.2) is 12.2 Å². The Balaban J connectivity index is 1.97. The minimum absolute atomic E-state index is 0.0987. The van der Waals surface area contributed by atoms with Gasteiger partial charge in [0.05, 0.1) is 18.4 Å². The number of amides is 1. The number of ether oxygens (including phenoxy) is 1. The van der Waals surface area contributed by atoms with Crippen LogP contribution in [0.2, 0.25) is 0 Å². The molecule has 0 aromatic rings. The fourth-order valence-corrected chi connectivity index (χ4v) is 2.76. The van der Waals surface area contributed by atoms with Gasteiger partial charge in [0, 0.05) is 12.6 Å². The molecule has 2 rings (SSSR count). The molecule has 1 fully saturated rings. The first-order valence-electron chi connectivity index (χ1n) is 6.85. The van der Waals surface area contributed by atoms with Gasteiger partial charge in [0.1, 0.15) is 0 Å². The number of aliphatic carboxylic acids is 1. The van der Waals surface area contributed by atoms with Gasteiger partial charge in [-0.05, 0) is 25.2 Å². The minimum atomic E-state index is -0.885. The van der Waals surface area contributed by atoms with Gasteiger partial charge < -0.3 is 15.2 Å². The molecule has 2 aliphatic rings. The molecule has 0 aromatic carbocycles. The number of carboxylic acids is 1. The Hall–Kier alpha value is -1.36. The normalized spacial score (nSPS) is 34.8. The van der Waals surface area contributed by atoms with Crippen molar-refractivity contribution < 1.29 is 19.4 Å². The molecule has 1 aliphatic carbocycles. The van der Waals surface area contributed by atoms with E-state index in [1.807, 2.05) is 19.1 Å². The Morgan fingerprint density at radius 3 is 2.58 bits per heavy atom. The number of carbonyl (C=O) groups excluding carboxylic acids is 1. The molecule has 2 N–H and O–H groups in total. The molecule has 1 heterocycles. The summed E-state index contributed by atoms with van der Waals surface area (Å²) in [6.07, 6.45) is 5.50. The van der Waals surface area contributed by atoms with Gasteiger partial charge in [0.2, 0.25) is 5.91 Å². The van der Waals surface area contributed by atoms with Crippen LogP contribution >= 0.6 is 0 Å². The summed E-state index contributed by atoms with van der Waals surface area (Å²) < 4.78 is 5.34. The Morgan fingerprint density at radius 2 is 1.95 bits per heavy atom. The van der Waals surface area contributed by atoms with E-state index in [4.69, 9.17) is 4.74 Å². The third kappa shape index (κ3) is 3.35. The zero-order valence-electron chi connectivity index (χ0n) is 11.2. The summed E-state index contributed by atoms with van der Waals surface area (Å²) in [7, 11) is 0. The molecule has 0 aromatic heterocycles. The van der Waals surface area contributed by atoms with Crippen molar-refractivity contribution in [1.82, 2.24) is 5.32 Å². The van der Waals surface area contributed by atoms with Crippen LogP contribution in [0, 0.1) is 17.8 Å². The van der Waals surface area contributed by atoms with Crippen LogP contribution in [-0.4, -0.2) is 36.2 Å². The van der Waals surface area contributed by atoms with Gasteiger partial charge in [0.25, 0.3) is 0 Å². The fraction of sp³-hybridized carbons (Fsp3) is 0.714. The van der Waals surface area contributed by atoms with E-state index in [9.17, 15) is 14.7 Å². The lowest BCUT2D eigenvalue weighted by Gasteiger charge is -2.32. The van der Waals surface area contributed by atoms with Crippen LogP contribution in [0.25, 0.3) is 0 Å². The van der Waals surface area contributed by atoms with Crippen molar-refractivity contribution in [2.75, 3.05) is 13.2 Å². The SMILES string of the molecule is CC1COCCC1NC(=O)[C@@H]1CC=CC[C@@H]1C(=O)O. The quantitative estimate of drug-likeness (QED) is 0.753. The maximum Gasteiger partial charge on any atom is 0.307 e. The van der Waals surface area contributed by atoms with Crippen molar-refractivity contribution in [3.63, 3.8) is 0 Å². The third-order valence-corrected chi connectivity index (χ3v) is 4.05. The Morgan fingerprint density at radius 1 is 1.26 bits per heavy atom. The van der Waals surface area contributed by atoms with Crippen molar-refractivity contribution in [2.24, 2.45) is 17.8 Å². The molecule has 0 saturated carbocycles. The molecule has 0 bridgehead atoms. The average molecular weight is 267 g/mol. The van der Waals surface area contributed by atoms with Crippen molar-refractivity contribution in [1.29, 1.82) is 0 Å². The van der Waals surface area contributed by atoms with E-state index in [2.05, 4.69) is 5.32 Å². The predicted octanol–water partition coefficient (Wildman–Crippen LogP) is 1.19. The maximum atomic E-state index is 12.3. The van der Waals surface area contributed by atoms with Crippen molar-refractivity contribution >= 4 is 11.9 Å². The number of nitrogens with one attached hydrogen (secondary N) is 1. The van der Waals surface area contributed by atoms with Crippen molar-refractivity contribution in [3.8, 4) is 0 Å². The van der Waals surface area contributed by atoms with E-state index in [0.717, 1.165) is 6.42 Å². The van der Waals surface area contributed by atoms with Crippen LogP contribution in [0.5, 0.6) is 0 Å². The summed E-state index contributed by atoms with van der Waals surface area (Å²) in [5.74, 6) is -1.78. The number of allylic oxidation sites excluding steroid dienone is 2. The zero-order chi connectivity index (χ0) is 13.8. The molecule has 1 amide bonds. The molecule has 0 spiro atoms. The Labute approximate surface area is 113 Å². The summed E-state index contributed by atoms with van der Waals surface area (Å²) in [6.45, 7) is 3.35. The highest BCUT2D eigenvalue weighted by molar-refractivity contribution is 5.85. The molecule has 2 unspecified atom stereocenters. The number of hydrogen-bond donors (Lipinski definition) is 2. The first kappa shape index (κ1) is 14.1. The third-order valence-electron chi connectivity index (χ3n) is 4.05. The summed E-state index contributed by atoms with van der Waals surface area (Å²) in [6, 6.07) is 0.0987. The average Bonchev–Trinajstić information content (AvgIpc) is 2.41. The molecule has 1 aliphatic heterocycles. The molecule has 19 heavy (non-hydrogen) atoms. The van der Waals surface area contributed by atoms with Gasteiger partial charge in [-0.25, -0.2) is 0 Å². The van der Waals surface area contributed by atoms with Gasteiger partial charge >= 0.3 is 5.97 Å². The largest absolute Gasteiger partial charge is 0.481 e. The Bertz CT molecular complexity index is 380. The van der Waals surface area contributed by atoms with Crippen LogP contribution in [0.4, 0.5) is 0 Å². The molecular weight excluding hydrogens is 246 g/mol. The number of hydrogen-bond acceptors (Lipinski definition) is 3. The van der Waals surface area contributed by atoms with E-state index in [1.165, 1.54) is 0 Å².